The highest BCUT2D eigenvalue weighted by molar-refractivity contribution is 7.80. The van der Waals surface area contributed by atoms with Crippen molar-refractivity contribution in [1.29, 1.82) is 0 Å². The summed E-state index contributed by atoms with van der Waals surface area (Å²) >= 11 is 11.3. The van der Waals surface area contributed by atoms with Gasteiger partial charge in [0.05, 0.1) is 17.3 Å². The average molecular weight is 327 g/mol. The molecule has 0 saturated heterocycles. The molecule has 22 heavy (non-hydrogen) atoms. The molecule has 0 unspecified atom stereocenters. The van der Waals surface area contributed by atoms with E-state index in [0.717, 1.165) is 16.8 Å². The first-order valence-corrected chi connectivity index (χ1v) is 7.65. The summed E-state index contributed by atoms with van der Waals surface area (Å²) in [6.45, 7) is 0. The van der Waals surface area contributed by atoms with E-state index in [1.54, 1.807) is 0 Å². The molecule has 0 spiro atoms. The van der Waals surface area contributed by atoms with Gasteiger partial charge in [0.25, 0.3) is 0 Å². The van der Waals surface area contributed by atoms with E-state index < -0.39 is 0 Å². The zero-order chi connectivity index (χ0) is 15.3. The van der Waals surface area contributed by atoms with E-state index in [0.29, 0.717) is 21.3 Å². The Morgan fingerprint density at radius 2 is 1.68 bits per heavy atom. The van der Waals surface area contributed by atoms with Crippen LogP contribution >= 0.6 is 23.8 Å². The number of hydrogen-bond donors (Lipinski definition) is 2. The fourth-order valence-electron chi connectivity index (χ4n) is 2.97. The van der Waals surface area contributed by atoms with Gasteiger partial charge in [0.2, 0.25) is 0 Å². The zero-order valence-electron chi connectivity index (χ0n) is 11.4. The third kappa shape index (κ3) is 1.95. The predicted octanol–water partition coefficient (Wildman–Crippen LogP) is 3.47. The van der Waals surface area contributed by atoms with Gasteiger partial charge in [-0.1, -0.05) is 48.0 Å². The number of Topliss-reactive ketones (excluding diaryl/α,β-unsaturated/α-hetero) is 1. The van der Waals surface area contributed by atoms with Gasteiger partial charge in [-0.3, -0.25) is 4.79 Å². The molecule has 0 radical (unpaired) electrons. The number of halogens is 1. The highest BCUT2D eigenvalue weighted by atomic mass is 35.5. The lowest BCUT2D eigenvalue weighted by molar-refractivity contribution is 0.103. The molecule has 1 heterocycles. The summed E-state index contributed by atoms with van der Waals surface area (Å²) in [4.78, 5) is 12.8. The Morgan fingerprint density at radius 3 is 2.41 bits per heavy atom. The van der Waals surface area contributed by atoms with Crippen LogP contribution in [-0.4, -0.2) is 10.9 Å². The molecule has 1 atom stereocenters. The fraction of sp³-hybridized carbons (Fsp3) is 0.0588. The molecule has 0 fully saturated rings. The summed E-state index contributed by atoms with van der Waals surface area (Å²) in [5, 5.41) is 7.50. The molecule has 2 aromatic rings. The smallest absolute Gasteiger partial charge is 0.194 e. The van der Waals surface area contributed by atoms with Crippen LogP contribution in [0.25, 0.3) is 5.70 Å². The lowest BCUT2D eigenvalue weighted by Crippen LogP contribution is -2.43. The molecule has 1 aliphatic carbocycles. The van der Waals surface area contributed by atoms with Gasteiger partial charge in [-0.15, -0.1) is 0 Å². The average Bonchev–Trinajstić information content (AvgIpc) is 2.81. The largest absolute Gasteiger partial charge is 0.351 e. The first kappa shape index (κ1) is 13.5. The van der Waals surface area contributed by atoms with Gasteiger partial charge in [0, 0.05) is 16.1 Å². The maximum Gasteiger partial charge on any atom is 0.194 e. The number of ketones is 1. The zero-order valence-corrected chi connectivity index (χ0v) is 13.0. The van der Waals surface area contributed by atoms with Gasteiger partial charge in [-0.05, 0) is 29.9 Å². The first-order chi connectivity index (χ1) is 10.6. The number of rotatable bonds is 1. The third-order valence-corrected chi connectivity index (χ3v) is 4.43. The topological polar surface area (TPSA) is 41.1 Å². The van der Waals surface area contributed by atoms with Crippen LogP contribution in [0.3, 0.4) is 0 Å². The molecule has 5 heteroatoms. The molecule has 0 saturated carbocycles. The van der Waals surface area contributed by atoms with Crippen LogP contribution in [-0.2, 0) is 0 Å². The van der Waals surface area contributed by atoms with Crippen molar-refractivity contribution in [3.05, 3.63) is 75.8 Å². The molecule has 1 aliphatic heterocycles. The van der Waals surface area contributed by atoms with Gasteiger partial charge >= 0.3 is 0 Å². The maximum absolute atomic E-state index is 12.8. The maximum atomic E-state index is 12.8. The van der Waals surface area contributed by atoms with Crippen LogP contribution in [0.1, 0.15) is 27.5 Å². The van der Waals surface area contributed by atoms with Crippen LogP contribution in [0, 0.1) is 0 Å². The molecule has 2 aliphatic rings. The van der Waals surface area contributed by atoms with Gasteiger partial charge in [-0.25, -0.2) is 0 Å². The van der Waals surface area contributed by atoms with Crippen LogP contribution < -0.4 is 10.6 Å². The summed E-state index contributed by atoms with van der Waals surface area (Å²) in [7, 11) is 0. The van der Waals surface area contributed by atoms with Gasteiger partial charge < -0.3 is 10.6 Å². The predicted molar refractivity (Wildman–Crippen MR) is 90.8 cm³/mol. The van der Waals surface area contributed by atoms with Gasteiger partial charge in [0.1, 0.15) is 0 Å². The Bertz CT molecular complexity index is 842. The fourth-order valence-corrected chi connectivity index (χ4v) is 3.32. The van der Waals surface area contributed by atoms with Crippen molar-refractivity contribution in [3.8, 4) is 0 Å². The first-order valence-electron chi connectivity index (χ1n) is 6.86. The van der Waals surface area contributed by atoms with Crippen LogP contribution in [0.15, 0.2) is 54.1 Å². The standard InChI is InChI=1S/C17H11ClN2OS/c18-10-7-5-9(6-8-10)14-13-15(20-17(22)19-14)11-3-1-2-4-12(11)16(13)21/h1-8,14H,(H2,19,20,22)/t14-/m0/s1. The summed E-state index contributed by atoms with van der Waals surface area (Å²) in [6.07, 6.45) is 0. The molecule has 3 nitrogen and oxygen atoms in total. The second-order valence-corrected chi connectivity index (χ2v) is 6.09. The van der Waals surface area contributed by atoms with Crippen LogP contribution in [0.5, 0.6) is 0 Å². The van der Waals surface area contributed by atoms with Crippen molar-refractivity contribution in [2.24, 2.45) is 0 Å². The van der Waals surface area contributed by atoms with E-state index in [2.05, 4.69) is 10.6 Å². The summed E-state index contributed by atoms with van der Waals surface area (Å²) in [5.41, 5.74) is 4.10. The minimum Gasteiger partial charge on any atom is -0.351 e. The minimum absolute atomic E-state index is 0.0352. The Morgan fingerprint density at radius 1 is 1.00 bits per heavy atom. The molecule has 2 N–H and O–H groups in total. The molecular formula is C17H11ClN2OS. The van der Waals surface area contributed by atoms with Gasteiger partial charge in [-0.2, -0.15) is 0 Å². The van der Waals surface area contributed by atoms with Crippen molar-refractivity contribution >= 4 is 40.4 Å². The number of thiocarbonyl (C=S) groups is 1. The van der Waals surface area contributed by atoms with Crippen molar-refractivity contribution in [2.75, 3.05) is 0 Å². The van der Waals surface area contributed by atoms with E-state index in [9.17, 15) is 4.79 Å². The monoisotopic (exact) mass is 326 g/mol. The highest BCUT2D eigenvalue weighted by Crippen LogP contribution is 2.39. The van der Waals surface area contributed by atoms with E-state index in [4.69, 9.17) is 23.8 Å². The number of carbonyl (C=O) groups excluding carboxylic acids is 1. The Kier molecular flexibility index (Phi) is 3.03. The Hall–Kier alpha value is -2.17. The number of benzene rings is 2. The molecule has 0 aromatic heterocycles. The minimum atomic E-state index is -0.263. The molecule has 2 aromatic carbocycles. The number of nitrogens with one attached hydrogen (secondary N) is 2. The molecule has 108 valence electrons. The van der Waals surface area contributed by atoms with Crippen LogP contribution in [0.4, 0.5) is 0 Å². The van der Waals surface area contributed by atoms with Crippen LogP contribution in [0.2, 0.25) is 5.02 Å². The SMILES string of the molecule is O=C1C2=C(NC(=S)N[C@H]2c2ccc(Cl)cc2)c2ccccc21. The van der Waals surface area contributed by atoms with E-state index >= 15 is 0 Å². The number of hydrogen-bond acceptors (Lipinski definition) is 2. The van der Waals surface area contributed by atoms with E-state index in [1.165, 1.54) is 0 Å². The normalized spacial score (nSPS) is 19.4. The molecule has 0 amide bonds. The second kappa shape index (κ2) is 4.93. The third-order valence-electron chi connectivity index (χ3n) is 3.96. The number of carbonyl (C=O) groups is 1. The van der Waals surface area contributed by atoms with Crippen molar-refractivity contribution in [2.45, 2.75) is 6.04 Å². The Labute approximate surface area is 138 Å². The molecule has 0 bridgehead atoms. The van der Waals surface area contributed by atoms with E-state index in [1.807, 2.05) is 48.5 Å². The highest BCUT2D eigenvalue weighted by Gasteiger charge is 2.38. The molecular weight excluding hydrogens is 316 g/mol. The second-order valence-electron chi connectivity index (χ2n) is 5.25. The van der Waals surface area contributed by atoms with E-state index in [-0.39, 0.29) is 11.8 Å². The quantitative estimate of drug-likeness (QED) is 0.787. The number of fused-ring (bicyclic) bond motifs is 2. The van der Waals surface area contributed by atoms with Crippen molar-refractivity contribution in [1.82, 2.24) is 10.6 Å². The lowest BCUT2D eigenvalue weighted by atomic mass is 9.94. The lowest BCUT2D eigenvalue weighted by Gasteiger charge is -2.28. The summed E-state index contributed by atoms with van der Waals surface area (Å²) in [6, 6.07) is 14.8. The summed E-state index contributed by atoms with van der Waals surface area (Å²) in [5.74, 6) is 0.0352. The van der Waals surface area contributed by atoms with Crippen molar-refractivity contribution in [3.63, 3.8) is 0 Å². The summed E-state index contributed by atoms with van der Waals surface area (Å²) < 4.78 is 0. The Balaban J connectivity index is 1.88. The van der Waals surface area contributed by atoms with Gasteiger partial charge in [0.15, 0.2) is 10.9 Å². The van der Waals surface area contributed by atoms with Crippen molar-refractivity contribution < 1.29 is 4.79 Å². The molecule has 4 rings (SSSR count).